The van der Waals surface area contributed by atoms with Crippen molar-refractivity contribution in [2.75, 3.05) is 6.54 Å². The number of rotatable bonds is 9. The van der Waals surface area contributed by atoms with Crippen molar-refractivity contribution < 1.29 is 28.7 Å². The fourth-order valence-electron chi connectivity index (χ4n) is 3.33. The van der Waals surface area contributed by atoms with Crippen molar-refractivity contribution in [2.45, 2.75) is 45.6 Å². The molecule has 1 aromatic carbocycles. The molecule has 0 bridgehead atoms. The average Bonchev–Trinajstić information content (AvgIpc) is 3.18. The Bertz CT molecular complexity index is 1480. The number of hydrogen-bond donors (Lipinski definition) is 4. The molecule has 15 nitrogen and oxygen atoms in total. The second kappa shape index (κ2) is 12.6. The first-order chi connectivity index (χ1) is 18.8. The van der Waals surface area contributed by atoms with Crippen molar-refractivity contribution in [2.24, 2.45) is 16.5 Å². The van der Waals surface area contributed by atoms with Gasteiger partial charge in [-0.2, -0.15) is 4.99 Å². The summed E-state index contributed by atoms with van der Waals surface area (Å²) in [6.45, 7) is 4.10. The molecule has 15 heteroatoms. The summed E-state index contributed by atoms with van der Waals surface area (Å²) in [5.41, 5.74) is 9.71. The predicted octanol–water partition coefficient (Wildman–Crippen LogP) is -0.337. The van der Waals surface area contributed by atoms with Gasteiger partial charge in [-0.05, 0) is 38.5 Å². The molecule has 0 fully saturated rings. The third-order valence-corrected chi connectivity index (χ3v) is 5.04. The van der Waals surface area contributed by atoms with Crippen LogP contribution >= 0.6 is 0 Å². The second-order valence-corrected chi connectivity index (χ2v) is 9.52. The van der Waals surface area contributed by atoms with Crippen molar-refractivity contribution in [3.8, 4) is 0 Å². The molecule has 0 radical (unpaired) electrons. The zero-order valence-corrected chi connectivity index (χ0v) is 22.1. The Hall–Kier alpha value is -5.21. The monoisotopic (exact) mass is 554 g/mol. The number of esters is 1. The highest BCUT2D eigenvalue weighted by Gasteiger charge is 2.28. The van der Waals surface area contributed by atoms with Crippen LogP contribution in [-0.2, 0) is 32.2 Å². The number of carbonyl (C=O) groups is 4. The summed E-state index contributed by atoms with van der Waals surface area (Å²) in [6.07, 6.45) is 0.329. The van der Waals surface area contributed by atoms with Gasteiger partial charge in [0.15, 0.2) is 11.6 Å². The summed E-state index contributed by atoms with van der Waals surface area (Å²) in [5, 5.41) is 8.95. The minimum Gasteiger partial charge on any atom is -0.458 e. The van der Waals surface area contributed by atoms with Crippen LogP contribution in [0.25, 0.3) is 5.65 Å². The first kappa shape index (κ1) is 29.3. The fraction of sp³-hybridized carbons (Fsp3) is 0.320. The van der Waals surface area contributed by atoms with Crippen molar-refractivity contribution in [3.63, 3.8) is 0 Å². The van der Waals surface area contributed by atoms with Gasteiger partial charge < -0.3 is 31.6 Å². The van der Waals surface area contributed by atoms with Crippen molar-refractivity contribution in [3.05, 3.63) is 70.3 Å². The van der Waals surface area contributed by atoms with E-state index in [1.54, 1.807) is 45.0 Å². The molecule has 3 amide bonds. The van der Waals surface area contributed by atoms with Gasteiger partial charge in [0.25, 0.3) is 11.8 Å². The standard InChI is InChI=1S/C25H30N8O7/c1-25(2,3)40-21(36)17(29-23(37)39-14-15-7-5-4-6-8-15)11-28-20(35)16-9-10-18-31-33(24(38)32(18)12-16)13-19(34)30-22(26)27/h4-10,12,17H,11,13-14H2,1-3H3,(H,28,35)(H,29,37)(H4,26,27,30,34). The molecule has 0 saturated carbocycles. The lowest BCUT2D eigenvalue weighted by Crippen LogP contribution is -2.50. The van der Waals surface area contributed by atoms with Crippen LogP contribution in [0.15, 0.2) is 58.4 Å². The minimum atomic E-state index is -1.28. The van der Waals surface area contributed by atoms with E-state index in [1.807, 2.05) is 6.07 Å². The van der Waals surface area contributed by atoms with Gasteiger partial charge >= 0.3 is 17.8 Å². The minimum absolute atomic E-state index is 0.0277. The van der Waals surface area contributed by atoms with E-state index in [9.17, 15) is 24.0 Å². The van der Waals surface area contributed by atoms with Crippen LogP contribution in [-0.4, -0.2) is 62.2 Å². The first-order valence-corrected chi connectivity index (χ1v) is 12.0. The van der Waals surface area contributed by atoms with Crippen LogP contribution in [0.1, 0.15) is 36.7 Å². The Kier molecular flexibility index (Phi) is 9.21. The predicted molar refractivity (Wildman–Crippen MR) is 142 cm³/mol. The third-order valence-electron chi connectivity index (χ3n) is 5.04. The number of nitrogens with two attached hydrogens (primary N) is 2. The van der Waals surface area contributed by atoms with E-state index in [2.05, 4.69) is 20.7 Å². The number of aliphatic imine (C=N–C) groups is 1. The molecule has 212 valence electrons. The molecule has 0 spiro atoms. The summed E-state index contributed by atoms with van der Waals surface area (Å²) in [5.74, 6) is -2.69. The number of benzene rings is 1. The molecule has 0 aliphatic heterocycles. The maximum absolute atomic E-state index is 12.9. The summed E-state index contributed by atoms with van der Waals surface area (Å²) < 4.78 is 12.4. The van der Waals surface area contributed by atoms with Crippen LogP contribution in [0.2, 0.25) is 0 Å². The van der Waals surface area contributed by atoms with Crippen LogP contribution in [0.3, 0.4) is 0 Å². The average molecular weight is 555 g/mol. The number of aromatic nitrogens is 3. The summed E-state index contributed by atoms with van der Waals surface area (Å²) in [7, 11) is 0. The number of alkyl carbamates (subject to hydrolysis) is 1. The van der Waals surface area contributed by atoms with Gasteiger partial charge in [-0.1, -0.05) is 30.3 Å². The lowest BCUT2D eigenvalue weighted by molar-refractivity contribution is -0.157. The smallest absolute Gasteiger partial charge is 0.408 e. The van der Waals surface area contributed by atoms with Gasteiger partial charge in [-0.25, -0.2) is 23.5 Å². The summed E-state index contributed by atoms with van der Waals surface area (Å²) in [6, 6.07) is 10.4. The lowest BCUT2D eigenvalue weighted by atomic mass is 10.2. The fourth-order valence-corrected chi connectivity index (χ4v) is 3.33. The maximum atomic E-state index is 12.9. The molecule has 6 N–H and O–H groups in total. The molecule has 3 aromatic rings. The Morgan fingerprint density at radius 1 is 1.07 bits per heavy atom. The molecular formula is C25H30N8O7. The molecule has 0 saturated heterocycles. The summed E-state index contributed by atoms with van der Waals surface area (Å²) >= 11 is 0. The van der Waals surface area contributed by atoms with E-state index < -0.39 is 53.7 Å². The zero-order chi connectivity index (χ0) is 29.4. The molecule has 1 unspecified atom stereocenters. The van der Waals surface area contributed by atoms with Crippen LogP contribution < -0.4 is 27.8 Å². The molecule has 3 rings (SSSR count). The number of pyridine rings is 1. The second-order valence-electron chi connectivity index (χ2n) is 9.52. The van der Waals surface area contributed by atoms with Gasteiger partial charge in [-0.15, -0.1) is 5.10 Å². The lowest BCUT2D eigenvalue weighted by Gasteiger charge is -2.24. The maximum Gasteiger partial charge on any atom is 0.408 e. The molecule has 1 atom stereocenters. The topological polar surface area (TPSA) is 214 Å². The van der Waals surface area contributed by atoms with Crippen molar-refractivity contribution in [1.82, 2.24) is 24.8 Å². The van der Waals surface area contributed by atoms with Gasteiger partial charge in [0.1, 0.15) is 24.8 Å². The molecule has 2 heterocycles. The number of guanidine groups is 1. The Morgan fingerprint density at radius 3 is 2.42 bits per heavy atom. The molecule has 40 heavy (non-hydrogen) atoms. The Morgan fingerprint density at radius 2 is 1.77 bits per heavy atom. The number of amides is 3. The highest BCUT2D eigenvalue weighted by molar-refractivity contribution is 5.95. The zero-order valence-electron chi connectivity index (χ0n) is 22.1. The highest BCUT2D eigenvalue weighted by Crippen LogP contribution is 2.09. The number of carbonyl (C=O) groups excluding carboxylic acids is 4. The van der Waals surface area contributed by atoms with E-state index in [0.717, 1.165) is 14.6 Å². The van der Waals surface area contributed by atoms with Crippen LogP contribution in [0.4, 0.5) is 4.79 Å². The van der Waals surface area contributed by atoms with Crippen LogP contribution in [0.5, 0.6) is 0 Å². The largest absolute Gasteiger partial charge is 0.458 e. The van der Waals surface area contributed by atoms with E-state index in [0.29, 0.717) is 0 Å². The van der Waals surface area contributed by atoms with Crippen LogP contribution in [0, 0.1) is 0 Å². The third kappa shape index (κ3) is 8.41. The molecule has 0 aliphatic rings. The Labute approximate surface area is 228 Å². The Balaban J connectivity index is 1.70. The first-order valence-electron chi connectivity index (χ1n) is 12.0. The number of hydrogen-bond acceptors (Lipinski definition) is 8. The SMILES string of the molecule is CC(C)(C)OC(=O)C(CNC(=O)c1ccc2nn(CC(=O)N=C(N)N)c(=O)n2c1)NC(=O)OCc1ccccc1. The van der Waals surface area contributed by atoms with E-state index >= 15 is 0 Å². The normalized spacial score (nSPS) is 11.8. The van der Waals surface area contributed by atoms with E-state index in [-0.39, 0.29) is 24.4 Å². The quantitative estimate of drug-likeness (QED) is 0.153. The van der Waals surface area contributed by atoms with E-state index in [4.69, 9.17) is 20.9 Å². The van der Waals surface area contributed by atoms with Crippen molar-refractivity contribution in [1.29, 1.82) is 0 Å². The van der Waals surface area contributed by atoms with E-state index in [1.165, 1.54) is 18.3 Å². The van der Waals surface area contributed by atoms with Gasteiger partial charge in [-0.3, -0.25) is 9.59 Å². The highest BCUT2D eigenvalue weighted by atomic mass is 16.6. The van der Waals surface area contributed by atoms with Gasteiger partial charge in [0.05, 0.1) is 5.56 Å². The summed E-state index contributed by atoms with van der Waals surface area (Å²) in [4.78, 5) is 65.8. The number of fused-ring (bicyclic) bond motifs is 1. The number of nitrogens with zero attached hydrogens (tertiary/aromatic N) is 4. The molecule has 2 aromatic heterocycles. The van der Waals surface area contributed by atoms with Gasteiger partial charge in [0, 0.05) is 12.7 Å². The number of ether oxygens (including phenoxy) is 2. The van der Waals surface area contributed by atoms with Crippen molar-refractivity contribution >= 4 is 35.5 Å². The molecule has 0 aliphatic carbocycles. The number of nitrogens with one attached hydrogen (secondary N) is 2. The molecular weight excluding hydrogens is 524 g/mol. The van der Waals surface area contributed by atoms with Gasteiger partial charge in [0.2, 0.25) is 0 Å².